The summed E-state index contributed by atoms with van der Waals surface area (Å²) in [6.07, 6.45) is 8.56. The van der Waals surface area contributed by atoms with E-state index in [1.165, 1.54) is 12.1 Å². The molecule has 1 fully saturated rings. The van der Waals surface area contributed by atoms with E-state index in [4.69, 9.17) is 0 Å². The molecule has 7 nitrogen and oxygen atoms in total. The molecule has 5 rings (SSSR count). The summed E-state index contributed by atoms with van der Waals surface area (Å²) in [4.78, 5) is 11.2. The Morgan fingerprint density at radius 1 is 1.08 bits per heavy atom. The molecule has 1 aliphatic rings. The predicted octanol–water partition coefficient (Wildman–Crippen LogP) is 6.12. The van der Waals surface area contributed by atoms with E-state index in [0.29, 0.717) is 30.4 Å². The Morgan fingerprint density at radius 2 is 1.89 bits per heavy atom. The van der Waals surface area contributed by atoms with E-state index in [-0.39, 0.29) is 6.04 Å². The maximum absolute atomic E-state index is 14.1. The zero-order valence-electron chi connectivity index (χ0n) is 21.0. The van der Waals surface area contributed by atoms with Crippen LogP contribution in [0.15, 0.2) is 73.2 Å². The zero-order chi connectivity index (χ0) is 26.3. The first-order valence-electron chi connectivity index (χ1n) is 12.8. The Labute approximate surface area is 220 Å². The summed E-state index contributed by atoms with van der Waals surface area (Å²) in [5.41, 5.74) is 3.04. The third kappa shape index (κ3) is 6.39. The molecule has 1 N–H and O–H groups in total. The average molecular weight is 514 g/mol. The third-order valence-corrected chi connectivity index (χ3v) is 7.01. The Morgan fingerprint density at radius 3 is 2.66 bits per heavy atom. The number of anilines is 2. The van der Waals surface area contributed by atoms with Crippen molar-refractivity contribution >= 4 is 11.6 Å². The summed E-state index contributed by atoms with van der Waals surface area (Å²) < 4.78 is 29.1. The number of likely N-dealkylation sites (tertiary alicyclic amines) is 1. The molecule has 1 saturated heterocycles. The second-order valence-corrected chi connectivity index (χ2v) is 9.67. The number of piperidine rings is 1. The minimum atomic E-state index is -0.556. The molecular weight excluding hydrogens is 484 g/mol. The van der Waals surface area contributed by atoms with Crippen molar-refractivity contribution in [2.45, 2.75) is 38.3 Å². The fourth-order valence-corrected chi connectivity index (χ4v) is 4.95. The molecule has 194 valence electrons. The second-order valence-electron chi connectivity index (χ2n) is 9.67. The van der Waals surface area contributed by atoms with E-state index in [2.05, 4.69) is 31.4 Å². The number of nitrogens with one attached hydrogen (secondary N) is 1. The first-order valence-corrected chi connectivity index (χ1v) is 12.8. The van der Waals surface area contributed by atoms with Gasteiger partial charge < -0.3 is 5.32 Å². The summed E-state index contributed by atoms with van der Waals surface area (Å²) in [5.74, 6) is -0.111. The minimum absolute atomic E-state index is 0.0383. The van der Waals surface area contributed by atoms with Gasteiger partial charge in [0, 0.05) is 41.8 Å². The zero-order valence-corrected chi connectivity index (χ0v) is 21.0. The van der Waals surface area contributed by atoms with Crippen molar-refractivity contribution < 1.29 is 8.78 Å². The van der Waals surface area contributed by atoms with Gasteiger partial charge >= 0.3 is 0 Å². The standard InChI is InChI=1S/C29H29F2N7/c30-24-7-6-22(27(31)17-24)19-37-14-10-21(11-15-37)16-26(8-12-32)38-20-23(18-34-38)28-9-13-33-29(36-28)35-25-4-2-1-3-5-25/h1-7,9,13,17-18,20-21,26H,8,10-11,14-16,19H2,(H,33,35,36). The van der Waals surface area contributed by atoms with Crippen molar-refractivity contribution in [3.63, 3.8) is 0 Å². The van der Waals surface area contributed by atoms with Crippen LogP contribution in [0.1, 0.15) is 37.3 Å². The number of nitrogens with zero attached hydrogens (tertiary/aromatic N) is 6. The molecule has 0 amide bonds. The smallest absolute Gasteiger partial charge is 0.227 e. The van der Waals surface area contributed by atoms with E-state index in [0.717, 1.165) is 55.4 Å². The van der Waals surface area contributed by atoms with Gasteiger partial charge in [0.15, 0.2) is 0 Å². The van der Waals surface area contributed by atoms with Gasteiger partial charge in [0.2, 0.25) is 5.95 Å². The predicted molar refractivity (Wildman–Crippen MR) is 141 cm³/mol. The topological polar surface area (TPSA) is 82.7 Å². The van der Waals surface area contributed by atoms with Crippen molar-refractivity contribution in [2.75, 3.05) is 18.4 Å². The van der Waals surface area contributed by atoms with E-state index >= 15 is 0 Å². The summed E-state index contributed by atoms with van der Waals surface area (Å²) >= 11 is 0. The lowest BCUT2D eigenvalue weighted by molar-refractivity contribution is 0.158. The molecule has 0 aliphatic carbocycles. The number of aromatic nitrogens is 4. The highest BCUT2D eigenvalue weighted by Crippen LogP contribution is 2.30. The lowest BCUT2D eigenvalue weighted by atomic mass is 9.89. The third-order valence-electron chi connectivity index (χ3n) is 7.01. The highest BCUT2D eigenvalue weighted by molar-refractivity contribution is 5.60. The van der Waals surface area contributed by atoms with Crippen molar-refractivity contribution in [1.82, 2.24) is 24.6 Å². The first kappa shape index (κ1) is 25.5. The van der Waals surface area contributed by atoms with Gasteiger partial charge in [0.05, 0.1) is 30.4 Å². The lowest BCUT2D eigenvalue weighted by Crippen LogP contribution is -2.34. The number of para-hydroxylation sites is 1. The SMILES string of the molecule is N#CCC(CC1CCN(Cc2ccc(F)cc2F)CC1)n1cc(-c2ccnc(Nc3ccccc3)n2)cn1. The number of hydrogen-bond acceptors (Lipinski definition) is 6. The molecule has 0 radical (unpaired) electrons. The number of halogens is 2. The van der Waals surface area contributed by atoms with Gasteiger partial charge in [-0.2, -0.15) is 10.4 Å². The van der Waals surface area contributed by atoms with E-state index < -0.39 is 11.6 Å². The second kappa shape index (κ2) is 11.9. The van der Waals surface area contributed by atoms with Crippen molar-refractivity contribution in [2.24, 2.45) is 5.92 Å². The van der Waals surface area contributed by atoms with Crippen LogP contribution in [-0.4, -0.2) is 37.7 Å². The van der Waals surface area contributed by atoms with Crippen molar-refractivity contribution in [1.29, 1.82) is 5.26 Å². The number of rotatable bonds is 9. The van der Waals surface area contributed by atoms with Crippen LogP contribution in [0.5, 0.6) is 0 Å². The molecule has 1 aliphatic heterocycles. The molecule has 9 heteroatoms. The molecule has 0 saturated carbocycles. The lowest BCUT2D eigenvalue weighted by Gasteiger charge is -2.33. The number of hydrogen-bond donors (Lipinski definition) is 1. The van der Waals surface area contributed by atoms with Gasteiger partial charge in [-0.1, -0.05) is 24.3 Å². The molecule has 0 spiro atoms. The highest BCUT2D eigenvalue weighted by Gasteiger charge is 2.24. The maximum Gasteiger partial charge on any atom is 0.227 e. The maximum atomic E-state index is 14.1. The van der Waals surface area contributed by atoms with Gasteiger partial charge in [-0.3, -0.25) is 9.58 Å². The highest BCUT2D eigenvalue weighted by atomic mass is 19.1. The summed E-state index contributed by atoms with van der Waals surface area (Å²) in [6.45, 7) is 2.15. The molecular formula is C29H29F2N7. The molecule has 38 heavy (non-hydrogen) atoms. The minimum Gasteiger partial charge on any atom is -0.324 e. The normalized spacial score (nSPS) is 15.2. The van der Waals surface area contributed by atoms with E-state index in [9.17, 15) is 14.0 Å². The van der Waals surface area contributed by atoms with Crippen LogP contribution in [0.25, 0.3) is 11.3 Å². The summed E-state index contributed by atoms with van der Waals surface area (Å²) in [6, 6.07) is 17.6. The van der Waals surface area contributed by atoms with Crippen LogP contribution in [0, 0.1) is 28.9 Å². The van der Waals surface area contributed by atoms with Crippen LogP contribution in [0.4, 0.5) is 20.4 Å². The van der Waals surface area contributed by atoms with Gasteiger partial charge in [-0.15, -0.1) is 0 Å². The molecule has 2 aromatic heterocycles. The van der Waals surface area contributed by atoms with E-state index in [1.807, 2.05) is 47.3 Å². The Bertz CT molecular complexity index is 1390. The molecule has 1 unspecified atom stereocenters. The van der Waals surface area contributed by atoms with Gasteiger partial charge in [0.1, 0.15) is 11.6 Å². The molecule has 0 bridgehead atoms. The summed E-state index contributed by atoms with van der Waals surface area (Å²) in [7, 11) is 0. The quantitative estimate of drug-likeness (QED) is 0.290. The fraction of sp³-hybridized carbons (Fsp3) is 0.310. The van der Waals surface area contributed by atoms with Crippen LogP contribution >= 0.6 is 0 Å². The first-order chi connectivity index (χ1) is 18.6. The Balaban J connectivity index is 1.20. The van der Waals surface area contributed by atoms with Gasteiger partial charge in [-0.05, 0) is 62.5 Å². The fourth-order valence-electron chi connectivity index (χ4n) is 4.95. The van der Waals surface area contributed by atoms with E-state index in [1.54, 1.807) is 12.4 Å². The number of benzene rings is 2. The molecule has 4 aromatic rings. The van der Waals surface area contributed by atoms with Crippen LogP contribution in [0.3, 0.4) is 0 Å². The molecule has 2 aromatic carbocycles. The van der Waals surface area contributed by atoms with Crippen LogP contribution < -0.4 is 5.32 Å². The van der Waals surface area contributed by atoms with Crippen molar-refractivity contribution in [3.8, 4) is 17.3 Å². The van der Waals surface area contributed by atoms with Crippen molar-refractivity contribution in [3.05, 3.63) is 90.4 Å². The largest absolute Gasteiger partial charge is 0.324 e. The Hall–Kier alpha value is -4.16. The van der Waals surface area contributed by atoms with Gasteiger partial charge in [0.25, 0.3) is 0 Å². The van der Waals surface area contributed by atoms with Crippen LogP contribution in [0.2, 0.25) is 0 Å². The van der Waals surface area contributed by atoms with Gasteiger partial charge in [-0.25, -0.2) is 18.7 Å². The number of nitriles is 1. The molecule has 3 heterocycles. The van der Waals surface area contributed by atoms with Crippen LogP contribution in [-0.2, 0) is 6.54 Å². The molecule has 1 atom stereocenters. The summed E-state index contributed by atoms with van der Waals surface area (Å²) in [5, 5.41) is 17.3. The monoisotopic (exact) mass is 513 g/mol. The Kier molecular flexibility index (Phi) is 8.00. The average Bonchev–Trinajstić information content (AvgIpc) is 3.42.